The van der Waals surface area contributed by atoms with Gasteiger partial charge >= 0.3 is 0 Å². The van der Waals surface area contributed by atoms with Crippen LogP contribution < -0.4 is 20.3 Å². The first-order valence-corrected chi connectivity index (χ1v) is 9.92. The fourth-order valence-corrected chi connectivity index (χ4v) is 4.28. The molecule has 3 aromatic rings. The van der Waals surface area contributed by atoms with Gasteiger partial charge in [-0.2, -0.15) is 0 Å². The fourth-order valence-electron chi connectivity index (χ4n) is 3.23. The number of nitrogens with zero attached hydrogens (tertiary/aromatic N) is 1. The van der Waals surface area contributed by atoms with Gasteiger partial charge in [-0.05, 0) is 44.0 Å². The Bertz CT molecular complexity index is 1120. The smallest absolute Gasteiger partial charge is 0.259 e. The van der Waals surface area contributed by atoms with E-state index in [0.29, 0.717) is 29.1 Å². The molecule has 0 spiro atoms. The summed E-state index contributed by atoms with van der Waals surface area (Å²) in [5, 5.41) is 3.62. The van der Waals surface area contributed by atoms with Crippen molar-refractivity contribution in [2.24, 2.45) is 0 Å². The zero-order valence-electron chi connectivity index (χ0n) is 15.9. The van der Waals surface area contributed by atoms with Crippen molar-refractivity contribution in [3.05, 3.63) is 50.4 Å². The summed E-state index contributed by atoms with van der Waals surface area (Å²) >= 11 is 1.51. The predicted octanol–water partition coefficient (Wildman–Crippen LogP) is 3.14. The molecule has 1 atom stereocenters. The molecule has 7 nitrogen and oxygen atoms in total. The molecule has 1 unspecified atom stereocenters. The second-order valence-corrected chi connectivity index (χ2v) is 8.08. The standard InChI is InChI=1S/C20H21N3O4S/c1-10-12(3)28-20-18(10)19(25)22-16(23-20)6-7-17(24)21-11(2)13-4-5-14-15(8-13)27-9-26-14/h4-5,8,11H,6-7,9H2,1-3H3,(H,21,24)(H,22,23,25). The molecule has 1 aromatic carbocycles. The summed E-state index contributed by atoms with van der Waals surface area (Å²) in [6, 6.07) is 5.46. The number of carbonyl (C=O) groups is 1. The number of benzene rings is 1. The highest BCUT2D eigenvalue weighted by atomic mass is 32.1. The van der Waals surface area contributed by atoms with Crippen LogP contribution in [0.25, 0.3) is 10.2 Å². The average Bonchev–Trinajstić information content (AvgIpc) is 3.24. The Morgan fingerprint density at radius 3 is 2.93 bits per heavy atom. The van der Waals surface area contributed by atoms with Crippen molar-refractivity contribution in [3.63, 3.8) is 0 Å². The molecule has 2 N–H and O–H groups in total. The van der Waals surface area contributed by atoms with Crippen LogP contribution in [-0.4, -0.2) is 22.7 Å². The van der Waals surface area contributed by atoms with E-state index in [-0.39, 0.29) is 30.7 Å². The molecular formula is C20H21N3O4S. The number of thiophene rings is 1. The van der Waals surface area contributed by atoms with E-state index in [9.17, 15) is 9.59 Å². The van der Waals surface area contributed by atoms with E-state index in [1.807, 2.05) is 39.0 Å². The zero-order chi connectivity index (χ0) is 19.8. The third-order valence-electron chi connectivity index (χ3n) is 4.95. The summed E-state index contributed by atoms with van der Waals surface area (Å²) < 4.78 is 10.7. The van der Waals surface area contributed by atoms with Crippen LogP contribution in [0.1, 0.15) is 41.2 Å². The molecule has 1 amide bonds. The van der Waals surface area contributed by atoms with Crippen LogP contribution in [0, 0.1) is 13.8 Å². The van der Waals surface area contributed by atoms with Gasteiger partial charge < -0.3 is 19.8 Å². The Kier molecular flexibility index (Phi) is 4.80. The maximum atomic E-state index is 12.4. The lowest BCUT2D eigenvalue weighted by Gasteiger charge is -2.14. The summed E-state index contributed by atoms with van der Waals surface area (Å²) in [5.74, 6) is 1.83. The Morgan fingerprint density at radius 1 is 1.32 bits per heavy atom. The second-order valence-electron chi connectivity index (χ2n) is 6.88. The van der Waals surface area contributed by atoms with Crippen molar-refractivity contribution in [2.45, 2.75) is 39.7 Å². The van der Waals surface area contributed by atoms with Gasteiger partial charge in [-0.15, -0.1) is 11.3 Å². The van der Waals surface area contributed by atoms with Crippen LogP contribution in [0.4, 0.5) is 0 Å². The molecule has 1 aliphatic rings. The van der Waals surface area contributed by atoms with Crippen LogP contribution >= 0.6 is 11.3 Å². The average molecular weight is 399 g/mol. The van der Waals surface area contributed by atoms with Crippen molar-refractivity contribution in [3.8, 4) is 11.5 Å². The van der Waals surface area contributed by atoms with Crippen molar-refractivity contribution in [2.75, 3.05) is 6.79 Å². The number of amides is 1. The lowest BCUT2D eigenvalue weighted by molar-refractivity contribution is -0.121. The Balaban J connectivity index is 1.40. The van der Waals surface area contributed by atoms with Gasteiger partial charge in [-0.3, -0.25) is 9.59 Å². The Labute approximate surface area is 165 Å². The van der Waals surface area contributed by atoms with Crippen LogP contribution in [0.3, 0.4) is 0 Å². The van der Waals surface area contributed by atoms with Crippen LogP contribution in [0.5, 0.6) is 11.5 Å². The minimum Gasteiger partial charge on any atom is -0.454 e. The summed E-state index contributed by atoms with van der Waals surface area (Å²) in [5.41, 5.74) is 1.77. The topological polar surface area (TPSA) is 93.3 Å². The van der Waals surface area contributed by atoms with Crippen molar-refractivity contribution >= 4 is 27.5 Å². The molecule has 28 heavy (non-hydrogen) atoms. The highest BCUT2D eigenvalue weighted by Crippen LogP contribution is 2.34. The number of carbonyl (C=O) groups excluding carboxylic acids is 1. The number of H-pyrrole nitrogens is 1. The molecule has 1 aliphatic heterocycles. The van der Waals surface area contributed by atoms with E-state index >= 15 is 0 Å². The van der Waals surface area contributed by atoms with E-state index in [1.54, 1.807) is 0 Å². The van der Waals surface area contributed by atoms with Crippen molar-refractivity contribution in [1.29, 1.82) is 0 Å². The second kappa shape index (κ2) is 7.27. The summed E-state index contributed by atoms with van der Waals surface area (Å²) in [7, 11) is 0. The fraction of sp³-hybridized carbons (Fsp3) is 0.350. The van der Waals surface area contributed by atoms with E-state index in [4.69, 9.17) is 9.47 Å². The summed E-state index contributed by atoms with van der Waals surface area (Å²) in [6.07, 6.45) is 0.619. The predicted molar refractivity (Wildman–Crippen MR) is 107 cm³/mol. The third-order valence-corrected chi connectivity index (χ3v) is 6.05. The molecule has 2 aromatic heterocycles. The van der Waals surface area contributed by atoms with Gasteiger partial charge in [-0.1, -0.05) is 6.07 Å². The highest BCUT2D eigenvalue weighted by Gasteiger charge is 2.17. The minimum atomic E-state index is -0.168. The number of hydrogen-bond acceptors (Lipinski definition) is 6. The minimum absolute atomic E-state index is 0.105. The van der Waals surface area contributed by atoms with Gasteiger partial charge in [0.1, 0.15) is 10.7 Å². The van der Waals surface area contributed by atoms with Crippen molar-refractivity contribution in [1.82, 2.24) is 15.3 Å². The molecule has 8 heteroatoms. The molecule has 0 fully saturated rings. The van der Waals surface area contributed by atoms with E-state index < -0.39 is 0 Å². The number of aromatic amines is 1. The zero-order valence-corrected chi connectivity index (χ0v) is 16.7. The van der Waals surface area contributed by atoms with Gasteiger partial charge in [0.25, 0.3) is 5.56 Å². The van der Waals surface area contributed by atoms with Gasteiger partial charge in [0, 0.05) is 17.7 Å². The number of aryl methyl sites for hydroxylation is 3. The Morgan fingerprint density at radius 2 is 2.11 bits per heavy atom. The quantitative estimate of drug-likeness (QED) is 0.687. The lowest BCUT2D eigenvalue weighted by atomic mass is 10.1. The van der Waals surface area contributed by atoms with Crippen LogP contribution in [-0.2, 0) is 11.2 Å². The number of fused-ring (bicyclic) bond motifs is 2. The monoisotopic (exact) mass is 399 g/mol. The number of rotatable bonds is 5. The van der Waals surface area contributed by atoms with E-state index in [1.165, 1.54) is 11.3 Å². The first kappa shape index (κ1) is 18.5. The normalized spacial score (nSPS) is 13.7. The molecule has 0 saturated carbocycles. The van der Waals surface area contributed by atoms with Crippen LogP contribution in [0.15, 0.2) is 23.0 Å². The van der Waals surface area contributed by atoms with Gasteiger partial charge in [-0.25, -0.2) is 4.98 Å². The van der Waals surface area contributed by atoms with E-state index in [2.05, 4.69) is 15.3 Å². The molecule has 4 rings (SSSR count). The maximum absolute atomic E-state index is 12.4. The highest BCUT2D eigenvalue weighted by molar-refractivity contribution is 7.18. The molecule has 0 bridgehead atoms. The summed E-state index contributed by atoms with van der Waals surface area (Å²) in [6.45, 7) is 6.04. The van der Waals surface area contributed by atoms with Crippen molar-refractivity contribution < 1.29 is 14.3 Å². The first-order chi connectivity index (χ1) is 13.4. The molecule has 3 heterocycles. The number of nitrogens with one attached hydrogen (secondary N) is 2. The molecule has 0 saturated heterocycles. The summed E-state index contributed by atoms with van der Waals surface area (Å²) in [4.78, 5) is 33.8. The third kappa shape index (κ3) is 3.47. The lowest BCUT2D eigenvalue weighted by Crippen LogP contribution is -2.27. The molecule has 146 valence electrons. The largest absolute Gasteiger partial charge is 0.454 e. The maximum Gasteiger partial charge on any atom is 0.259 e. The number of ether oxygens (including phenoxy) is 2. The van der Waals surface area contributed by atoms with Crippen LogP contribution in [0.2, 0.25) is 0 Å². The van der Waals surface area contributed by atoms with Gasteiger partial charge in [0.15, 0.2) is 11.5 Å². The number of hydrogen-bond donors (Lipinski definition) is 2. The molecule has 0 radical (unpaired) electrons. The Hall–Kier alpha value is -2.87. The first-order valence-electron chi connectivity index (χ1n) is 9.10. The molecular weight excluding hydrogens is 378 g/mol. The van der Waals surface area contributed by atoms with E-state index in [0.717, 1.165) is 20.8 Å². The SMILES string of the molecule is Cc1sc2nc(CCC(=O)NC(C)c3ccc4c(c3)OCO4)[nH]c(=O)c2c1C. The number of aromatic nitrogens is 2. The molecule has 0 aliphatic carbocycles. The van der Waals surface area contributed by atoms with Gasteiger partial charge in [0.2, 0.25) is 12.7 Å². The van der Waals surface area contributed by atoms with Gasteiger partial charge in [0.05, 0.1) is 11.4 Å².